The Morgan fingerprint density at radius 3 is 2.50 bits per heavy atom. The second-order valence-electron chi connectivity index (χ2n) is 2.65. The van der Waals surface area contributed by atoms with Crippen LogP contribution in [0.3, 0.4) is 0 Å². The summed E-state index contributed by atoms with van der Waals surface area (Å²) >= 11 is 0. The molecule has 14 heavy (non-hydrogen) atoms. The maximum Gasteiger partial charge on any atom is 0.310 e. The second kappa shape index (κ2) is 8.04. The van der Waals surface area contributed by atoms with E-state index in [0.29, 0.717) is 12.8 Å². The van der Waals surface area contributed by atoms with E-state index in [0.717, 1.165) is 0 Å². The van der Waals surface area contributed by atoms with Crippen molar-refractivity contribution in [2.45, 2.75) is 25.7 Å². The molecule has 0 unspecified atom stereocenters. The number of rotatable bonds is 7. The van der Waals surface area contributed by atoms with Crippen LogP contribution in [0.4, 0.5) is 0 Å². The van der Waals surface area contributed by atoms with E-state index < -0.39 is 5.97 Å². The first-order valence-corrected chi connectivity index (χ1v) is 4.35. The van der Waals surface area contributed by atoms with E-state index in [1.807, 2.05) is 0 Å². The molecular weight excluding hydrogens is 184 g/mol. The minimum absolute atomic E-state index is 0.0930. The Balaban J connectivity index is 3.40. The summed E-state index contributed by atoms with van der Waals surface area (Å²) in [6.45, 7) is 3.41. The average Bonchev–Trinajstić information content (AvgIpc) is 2.13. The van der Waals surface area contributed by atoms with E-state index >= 15 is 0 Å². The van der Waals surface area contributed by atoms with Crippen molar-refractivity contribution in [2.24, 2.45) is 0 Å². The van der Waals surface area contributed by atoms with Crippen LogP contribution in [0.25, 0.3) is 0 Å². The molecule has 0 radical (unpaired) electrons. The Labute approximate surface area is 82.9 Å². The maximum atomic E-state index is 10.9. The number of hydrogen-bond donors (Lipinski definition) is 1. The minimum atomic E-state index is -0.843. The molecule has 0 amide bonds. The van der Waals surface area contributed by atoms with E-state index in [9.17, 15) is 9.59 Å². The third-order valence-electron chi connectivity index (χ3n) is 1.44. The number of hydrogen-bond acceptors (Lipinski definition) is 3. The van der Waals surface area contributed by atoms with E-state index in [1.54, 1.807) is 0 Å². The fraction of sp³-hybridized carbons (Fsp3) is 0.400. The fourth-order valence-electron chi connectivity index (χ4n) is 0.775. The number of esters is 1. The molecule has 0 aliphatic rings. The summed E-state index contributed by atoms with van der Waals surface area (Å²) in [6, 6.07) is 0. The normalized spacial score (nSPS) is 10.0. The number of carboxylic acids is 1. The van der Waals surface area contributed by atoms with Crippen LogP contribution in [-0.4, -0.2) is 17.0 Å². The molecule has 0 aromatic rings. The maximum absolute atomic E-state index is 10.9. The highest BCUT2D eigenvalue weighted by Gasteiger charge is 2.02. The third kappa shape index (κ3) is 8.52. The van der Waals surface area contributed by atoms with Crippen molar-refractivity contribution in [1.82, 2.24) is 0 Å². The zero-order valence-electron chi connectivity index (χ0n) is 7.94. The molecule has 0 aromatic heterocycles. The van der Waals surface area contributed by atoms with Crippen molar-refractivity contribution in [3.05, 3.63) is 25.0 Å². The van der Waals surface area contributed by atoms with Crippen LogP contribution in [0.15, 0.2) is 25.0 Å². The average molecular weight is 198 g/mol. The van der Waals surface area contributed by atoms with Crippen molar-refractivity contribution < 1.29 is 19.4 Å². The van der Waals surface area contributed by atoms with Gasteiger partial charge in [0.1, 0.15) is 0 Å². The summed E-state index contributed by atoms with van der Waals surface area (Å²) in [6.07, 6.45) is 5.63. The van der Waals surface area contributed by atoms with Gasteiger partial charge in [-0.2, -0.15) is 0 Å². The SMILES string of the molecule is C=CC=COC(=O)CCCCC(=O)O. The quantitative estimate of drug-likeness (QED) is 0.293. The van der Waals surface area contributed by atoms with E-state index in [2.05, 4.69) is 11.3 Å². The lowest BCUT2D eigenvalue weighted by Crippen LogP contribution is -2.00. The van der Waals surface area contributed by atoms with Crippen molar-refractivity contribution in [3.63, 3.8) is 0 Å². The number of aliphatic carboxylic acids is 1. The van der Waals surface area contributed by atoms with Crippen LogP contribution < -0.4 is 0 Å². The molecule has 0 bridgehead atoms. The van der Waals surface area contributed by atoms with E-state index in [-0.39, 0.29) is 18.8 Å². The first kappa shape index (κ1) is 12.4. The van der Waals surface area contributed by atoms with Crippen molar-refractivity contribution in [1.29, 1.82) is 0 Å². The molecular formula is C10H14O4. The van der Waals surface area contributed by atoms with Crippen LogP contribution in [-0.2, 0) is 14.3 Å². The molecule has 0 rings (SSSR count). The number of ether oxygens (including phenoxy) is 1. The number of allylic oxidation sites excluding steroid dienone is 2. The zero-order valence-corrected chi connectivity index (χ0v) is 7.94. The third-order valence-corrected chi connectivity index (χ3v) is 1.44. The van der Waals surface area contributed by atoms with E-state index in [1.165, 1.54) is 18.4 Å². The van der Waals surface area contributed by atoms with E-state index in [4.69, 9.17) is 5.11 Å². The molecule has 0 fully saturated rings. The minimum Gasteiger partial charge on any atom is -0.481 e. The molecule has 0 heterocycles. The second-order valence-corrected chi connectivity index (χ2v) is 2.65. The predicted octanol–water partition coefficient (Wildman–Crippen LogP) is 1.87. The zero-order chi connectivity index (χ0) is 10.8. The van der Waals surface area contributed by atoms with Crippen LogP contribution in [0.5, 0.6) is 0 Å². The summed E-state index contributed by atoms with van der Waals surface area (Å²) in [5.41, 5.74) is 0. The molecule has 0 aliphatic carbocycles. The molecule has 0 atom stereocenters. The Kier molecular flexibility index (Phi) is 7.13. The van der Waals surface area contributed by atoms with Gasteiger partial charge in [0, 0.05) is 12.8 Å². The van der Waals surface area contributed by atoms with Crippen molar-refractivity contribution in [3.8, 4) is 0 Å². The van der Waals surface area contributed by atoms with Crippen LogP contribution in [0, 0.1) is 0 Å². The molecule has 0 aromatic carbocycles. The van der Waals surface area contributed by atoms with Crippen LogP contribution in [0.1, 0.15) is 25.7 Å². The summed E-state index contributed by atoms with van der Waals surface area (Å²) in [4.78, 5) is 21.0. The first-order chi connectivity index (χ1) is 6.66. The van der Waals surface area contributed by atoms with Gasteiger partial charge in [-0.05, 0) is 18.9 Å². The number of carbonyl (C=O) groups excluding carboxylic acids is 1. The van der Waals surface area contributed by atoms with Gasteiger partial charge in [-0.25, -0.2) is 0 Å². The van der Waals surface area contributed by atoms with Gasteiger partial charge < -0.3 is 9.84 Å². The number of carbonyl (C=O) groups is 2. The Hall–Kier alpha value is -1.58. The highest BCUT2D eigenvalue weighted by molar-refractivity contribution is 5.70. The van der Waals surface area contributed by atoms with Gasteiger partial charge in [0.25, 0.3) is 0 Å². The Morgan fingerprint density at radius 2 is 1.93 bits per heavy atom. The lowest BCUT2D eigenvalue weighted by molar-refractivity contribution is -0.139. The molecule has 4 heteroatoms. The topological polar surface area (TPSA) is 63.6 Å². The number of carboxylic acid groups (broad SMARTS) is 1. The predicted molar refractivity (Wildman–Crippen MR) is 51.5 cm³/mol. The van der Waals surface area contributed by atoms with Gasteiger partial charge >= 0.3 is 11.9 Å². The molecule has 1 N–H and O–H groups in total. The van der Waals surface area contributed by atoms with Gasteiger partial charge in [-0.15, -0.1) is 0 Å². The molecule has 0 saturated heterocycles. The highest BCUT2D eigenvalue weighted by Crippen LogP contribution is 2.01. The lowest BCUT2D eigenvalue weighted by atomic mass is 10.2. The van der Waals surface area contributed by atoms with Gasteiger partial charge in [0.05, 0.1) is 6.26 Å². The smallest absolute Gasteiger partial charge is 0.310 e. The fourth-order valence-corrected chi connectivity index (χ4v) is 0.775. The van der Waals surface area contributed by atoms with Crippen molar-refractivity contribution in [2.75, 3.05) is 0 Å². The van der Waals surface area contributed by atoms with Crippen molar-refractivity contribution >= 4 is 11.9 Å². The van der Waals surface area contributed by atoms with Crippen LogP contribution in [0.2, 0.25) is 0 Å². The number of unbranched alkanes of at least 4 members (excludes halogenated alkanes) is 1. The summed E-state index contributed by atoms with van der Waals surface area (Å²) in [7, 11) is 0. The standard InChI is InChI=1S/C10H14O4/c1-2-3-8-14-10(13)7-5-4-6-9(11)12/h2-3,8H,1,4-7H2,(H,11,12). The van der Waals surface area contributed by atoms with Gasteiger partial charge in [-0.1, -0.05) is 12.7 Å². The first-order valence-electron chi connectivity index (χ1n) is 4.35. The molecule has 0 saturated carbocycles. The van der Waals surface area contributed by atoms with Crippen LogP contribution >= 0.6 is 0 Å². The summed E-state index contributed by atoms with van der Waals surface area (Å²) < 4.78 is 4.65. The summed E-state index contributed by atoms with van der Waals surface area (Å²) in [5, 5.41) is 8.31. The van der Waals surface area contributed by atoms with Gasteiger partial charge in [0.2, 0.25) is 0 Å². The van der Waals surface area contributed by atoms with Gasteiger partial charge in [0.15, 0.2) is 0 Å². The molecule has 4 nitrogen and oxygen atoms in total. The molecule has 0 aliphatic heterocycles. The molecule has 0 spiro atoms. The Morgan fingerprint density at radius 1 is 1.29 bits per heavy atom. The largest absolute Gasteiger partial charge is 0.481 e. The molecule has 78 valence electrons. The Bertz CT molecular complexity index is 230. The highest BCUT2D eigenvalue weighted by atomic mass is 16.5. The van der Waals surface area contributed by atoms with Gasteiger partial charge in [-0.3, -0.25) is 9.59 Å². The summed E-state index contributed by atoms with van der Waals surface area (Å²) in [5.74, 6) is -1.20. The monoisotopic (exact) mass is 198 g/mol. The lowest BCUT2D eigenvalue weighted by Gasteiger charge is -1.97.